The minimum absolute atomic E-state index is 0.0431. The fraction of sp³-hybridized carbons (Fsp3) is 0.562. The molecule has 1 saturated carbocycles. The Morgan fingerprint density at radius 3 is 2.85 bits per heavy atom. The van der Waals surface area contributed by atoms with E-state index in [1.807, 2.05) is 24.3 Å². The summed E-state index contributed by atoms with van der Waals surface area (Å²) >= 11 is 0. The van der Waals surface area contributed by atoms with Crippen molar-refractivity contribution in [2.45, 2.75) is 44.6 Å². The second-order valence-electron chi connectivity index (χ2n) is 5.32. The molecule has 2 rings (SSSR count). The normalized spacial score (nSPS) is 15.8. The average Bonchev–Trinajstić information content (AvgIpc) is 2.48. The summed E-state index contributed by atoms with van der Waals surface area (Å²) in [5, 5.41) is 6.37. The molecule has 0 aliphatic heterocycles. The van der Waals surface area contributed by atoms with Crippen LogP contribution in [0.15, 0.2) is 24.3 Å². The zero-order valence-electron chi connectivity index (χ0n) is 12.2. The Labute approximate surface area is 120 Å². The zero-order valence-corrected chi connectivity index (χ0v) is 12.2. The standard InChI is InChI=1S/C16H24N2O2/c1-20-15-9-5-8-14(12-15)18-16(19)10-11-17-13-6-3-2-4-7-13/h5,8-9,12-13,17H,2-4,6-7,10-11H2,1H3,(H,18,19). The molecule has 4 heteroatoms. The minimum atomic E-state index is 0.0431. The summed E-state index contributed by atoms with van der Waals surface area (Å²) in [5.74, 6) is 0.796. The summed E-state index contributed by atoms with van der Waals surface area (Å²) in [6, 6.07) is 8.03. The number of nitrogens with one attached hydrogen (secondary N) is 2. The smallest absolute Gasteiger partial charge is 0.225 e. The minimum Gasteiger partial charge on any atom is -0.497 e. The van der Waals surface area contributed by atoms with E-state index in [2.05, 4.69) is 10.6 Å². The van der Waals surface area contributed by atoms with E-state index in [0.29, 0.717) is 12.5 Å². The highest BCUT2D eigenvalue weighted by atomic mass is 16.5. The van der Waals surface area contributed by atoms with Crippen LogP contribution in [-0.4, -0.2) is 25.6 Å². The van der Waals surface area contributed by atoms with Crippen LogP contribution in [-0.2, 0) is 4.79 Å². The third-order valence-corrected chi connectivity index (χ3v) is 3.74. The fourth-order valence-electron chi connectivity index (χ4n) is 2.62. The molecule has 2 N–H and O–H groups in total. The molecule has 1 fully saturated rings. The van der Waals surface area contributed by atoms with E-state index in [4.69, 9.17) is 4.74 Å². The zero-order chi connectivity index (χ0) is 14.2. The number of methoxy groups -OCH3 is 1. The molecule has 1 aromatic carbocycles. The van der Waals surface area contributed by atoms with Crippen molar-refractivity contribution in [2.75, 3.05) is 19.0 Å². The summed E-state index contributed by atoms with van der Waals surface area (Å²) in [4.78, 5) is 11.9. The van der Waals surface area contributed by atoms with Gasteiger partial charge in [0.25, 0.3) is 0 Å². The average molecular weight is 276 g/mol. The molecule has 1 aromatic rings. The molecule has 1 aliphatic carbocycles. The maximum Gasteiger partial charge on any atom is 0.225 e. The van der Waals surface area contributed by atoms with Gasteiger partial charge in [0.2, 0.25) is 5.91 Å². The van der Waals surface area contributed by atoms with Crippen LogP contribution in [0.25, 0.3) is 0 Å². The Kier molecular flexibility index (Phi) is 5.87. The van der Waals surface area contributed by atoms with Crippen molar-refractivity contribution in [1.29, 1.82) is 0 Å². The van der Waals surface area contributed by atoms with E-state index in [-0.39, 0.29) is 5.91 Å². The van der Waals surface area contributed by atoms with E-state index in [0.717, 1.165) is 18.0 Å². The first kappa shape index (κ1) is 14.9. The number of carbonyl (C=O) groups is 1. The Morgan fingerprint density at radius 1 is 1.30 bits per heavy atom. The maximum absolute atomic E-state index is 11.9. The molecule has 0 heterocycles. The lowest BCUT2D eigenvalue weighted by Gasteiger charge is -2.22. The van der Waals surface area contributed by atoms with Crippen LogP contribution >= 0.6 is 0 Å². The molecule has 0 unspecified atom stereocenters. The van der Waals surface area contributed by atoms with E-state index >= 15 is 0 Å². The molecule has 0 spiro atoms. The van der Waals surface area contributed by atoms with Gasteiger partial charge < -0.3 is 15.4 Å². The summed E-state index contributed by atoms with van der Waals surface area (Å²) in [6.45, 7) is 0.750. The highest BCUT2D eigenvalue weighted by molar-refractivity contribution is 5.90. The SMILES string of the molecule is COc1cccc(NC(=O)CCNC2CCCCC2)c1. The van der Waals surface area contributed by atoms with Crippen LogP contribution in [0.3, 0.4) is 0 Å². The molecule has 0 bridgehead atoms. The van der Waals surface area contributed by atoms with Crippen molar-refractivity contribution in [1.82, 2.24) is 5.32 Å². The van der Waals surface area contributed by atoms with Gasteiger partial charge in [-0.1, -0.05) is 25.3 Å². The maximum atomic E-state index is 11.9. The van der Waals surface area contributed by atoms with Crippen molar-refractivity contribution in [2.24, 2.45) is 0 Å². The van der Waals surface area contributed by atoms with Gasteiger partial charge in [0.1, 0.15) is 5.75 Å². The Morgan fingerprint density at radius 2 is 2.10 bits per heavy atom. The number of ether oxygens (including phenoxy) is 1. The molecule has 1 aliphatic rings. The molecular weight excluding hydrogens is 252 g/mol. The Hall–Kier alpha value is -1.55. The second kappa shape index (κ2) is 7.90. The summed E-state index contributed by atoms with van der Waals surface area (Å²) in [5.41, 5.74) is 0.784. The molecule has 0 aromatic heterocycles. The molecule has 0 radical (unpaired) electrons. The van der Waals surface area contributed by atoms with Crippen LogP contribution in [0.1, 0.15) is 38.5 Å². The lowest BCUT2D eigenvalue weighted by Crippen LogP contribution is -2.33. The molecule has 1 amide bonds. The van der Waals surface area contributed by atoms with Crippen LogP contribution in [0, 0.1) is 0 Å². The number of carbonyl (C=O) groups excluding carboxylic acids is 1. The number of hydrogen-bond acceptors (Lipinski definition) is 3. The van der Waals surface area contributed by atoms with Crippen molar-refractivity contribution in [3.8, 4) is 5.75 Å². The predicted octanol–water partition coefficient (Wildman–Crippen LogP) is 2.95. The predicted molar refractivity (Wildman–Crippen MR) is 81.1 cm³/mol. The largest absolute Gasteiger partial charge is 0.497 e. The van der Waals surface area contributed by atoms with Crippen LogP contribution in [0.4, 0.5) is 5.69 Å². The quantitative estimate of drug-likeness (QED) is 0.840. The van der Waals surface area contributed by atoms with Gasteiger partial charge in [0, 0.05) is 30.8 Å². The highest BCUT2D eigenvalue weighted by Gasteiger charge is 2.12. The van der Waals surface area contributed by atoms with Gasteiger partial charge in [0.15, 0.2) is 0 Å². The van der Waals surface area contributed by atoms with Crippen molar-refractivity contribution >= 4 is 11.6 Å². The Bertz CT molecular complexity index is 428. The lowest BCUT2D eigenvalue weighted by atomic mass is 9.95. The molecule has 0 atom stereocenters. The van der Waals surface area contributed by atoms with Gasteiger partial charge in [0.05, 0.1) is 7.11 Å². The highest BCUT2D eigenvalue weighted by Crippen LogP contribution is 2.18. The van der Waals surface area contributed by atoms with Gasteiger partial charge in [-0.15, -0.1) is 0 Å². The molecule has 0 saturated heterocycles. The number of anilines is 1. The lowest BCUT2D eigenvalue weighted by molar-refractivity contribution is -0.116. The summed E-state index contributed by atoms with van der Waals surface area (Å²) in [7, 11) is 1.62. The molecule has 20 heavy (non-hydrogen) atoms. The van der Waals surface area contributed by atoms with Crippen LogP contribution < -0.4 is 15.4 Å². The molecule has 110 valence electrons. The van der Waals surface area contributed by atoms with Gasteiger partial charge >= 0.3 is 0 Å². The monoisotopic (exact) mass is 276 g/mol. The second-order valence-corrected chi connectivity index (χ2v) is 5.32. The van der Waals surface area contributed by atoms with Gasteiger partial charge in [-0.2, -0.15) is 0 Å². The van der Waals surface area contributed by atoms with Crippen molar-refractivity contribution in [3.63, 3.8) is 0 Å². The van der Waals surface area contributed by atoms with Crippen LogP contribution in [0.5, 0.6) is 5.75 Å². The third-order valence-electron chi connectivity index (χ3n) is 3.74. The van der Waals surface area contributed by atoms with Gasteiger partial charge in [-0.25, -0.2) is 0 Å². The Balaban J connectivity index is 1.69. The fourth-order valence-corrected chi connectivity index (χ4v) is 2.62. The van der Waals surface area contributed by atoms with Gasteiger partial charge in [-0.3, -0.25) is 4.79 Å². The van der Waals surface area contributed by atoms with Crippen molar-refractivity contribution in [3.05, 3.63) is 24.3 Å². The number of amides is 1. The number of hydrogen-bond donors (Lipinski definition) is 2. The topological polar surface area (TPSA) is 50.4 Å². The van der Waals surface area contributed by atoms with E-state index in [9.17, 15) is 4.79 Å². The van der Waals surface area contributed by atoms with E-state index < -0.39 is 0 Å². The van der Waals surface area contributed by atoms with E-state index in [1.54, 1.807) is 7.11 Å². The van der Waals surface area contributed by atoms with Crippen molar-refractivity contribution < 1.29 is 9.53 Å². The number of rotatable bonds is 6. The van der Waals surface area contributed by atoms with Crippen LogP contribution in [0.2, 0.25) is 0 Å². The third kappa shape index (κ3) is 4.85. The first-order valence-electron chi connectivity index (χ1n) is 7.45. The summed E-state index contributed by atoms with van der Waals surface area (Å²) < 4.78 is 5.13. The molecular formula is C16H24N2O2. The van der Waals surface area contributed by atoms with Gasteiger partial charge in [-0.05, 0) is 25.0 Å². The van der Waals surface area contributed by atoms with E-state index in [1.165, 1.54) is 32.1 Å². The number of benzene rings is 1. The first-order valence-corrected chi connectivity index (χ1v) is 7.45. The summed E-state index contributed by atoms with van der Waals surface area (Å²) in [6.07, 6.45) is 6.98. The molecule has 4 nitrogen and oxygen atoms in total. The first-order chi connectivity index (χ1) is 9.78.